The molecule has 0 saturated carbocycles. The summed E-state index contributed by atoms with van der Waals surface area (Å²) in [5.74, 6) is -0.867. The molecule has 0 aromatic heterocycles. The topological polar surface area (TPSA) is 86.8 Å². The van der Waals surface area contributed by atoms with Crippen LogP contribution in [-0.2, 0) is 11.3 Å². The molecule has 0 saturated heterocycles. The maximum Gasteiger partial charge on any atom is 0.305 e. The van der Waals surface area contributed by atoms with Crippen LogP contribution in [0, 0.1) is 6.92 Å². The summed E-state index contributed by atoms with van der Waals surface area (Å²) < 4.78 is 0. The molecule has 0 amide bonds. The van der Waals surface area contributed by atoms with Crippen molar-refractivity contribution in [2.75, 3.05) is 14.1 Å². The van der Waals surface area contributed by atoms with Gasteiger partial charge < -0.3 is 20.8 Å². The average molecular weight is 252 g/mol. The summed E-state index contributed by atoms with van der Waals surface area (Å²) in [4.78, 5) is 12.6. The number of benzene rings is 1. The van der Waals surface area contributed by atoms with Gasteiger partial charge in [-0.15, -0.1) is 0 Å². The maximum atomic E-state index is 10.7. The van der Waals surface area contributed by atoms with Gasteiger partial charge in [-0.25, -0.2) is 0 Å². The van der Waals surface area contributed by atoms with Gasteiger partial charge in [-0.05, 0) is 26.6 Å². The Hall–Kier alpha value is -1.59. The Labute approximate surface area is 107 Å². The SMILES string of the molecule is Cc1ccc(C(N)CC(=O)O)c(O)c1CN(C)C. The van der Waals surface area contributed by atoms with Crippen LogP contribution in [0.25, 0.3) is 0 Å². The summed E-state index contributed by atoms with van der Waals surface area (Å²) >= 11 is 0. The fraction of sp³-hybridized carbons (Fsp3) is 0.462. The summed E-state index contributed by atoms with van der Waals surface area (Å²) in [6, 6.07) is 2.86. The van der Waals surface area contributed by atoms with E-state index in [4.69, 9.17) is 10.8 Å². The number of carboxylic acids is 1. The first-order valence-electron chi connectivity index (χ1n) is 5.76. The number of rotatable bonds is 5. The minimum atomic E-state index is -0.975. The number of hydrogen-bond donors (Lipinski definition) is 3. The third-order valence-corrected chi connectivity index (χ3v) is 2.82. The molecule has 0 radical (unpaired) electrons. The van der Waals surface area contributed by atoms with E-state index in [0.29, 0.717) is 12.1 Å². The van der Waals surface area contributed by atoms with Crippen LogP contribution in [-0.4, -0.2) is 35.2 Å². The van der Waals surface area contributed by atoms with E-state index in [1.807, 2.05) is 32.0 Å². The molecule has 4 N–H and O–H groups in total. The van der Waals surface area contributed by atoms with Crippen LogP contribution < -0.4 is 5.73 Å². The summed E-state index contributed by atoms with van der Waals surface area (Å²) in [6.07, 6.45) is -0.196. The number of aromatic hydroxyl groups is 1. The second-order valence-electron chi connectivity index (χ2n) is 4.74. The number of aryl methyl sites for hydroxylation is 1. The zero-order valence-corrected chi connectivity index (χ0v) is 11.0. The largest absolute Gasteiger partial charge is 0.507 e. The van der Waals surface area contributed by atoms with Crippen molar-refractivity contribution in [3.8, 4) is 5.75 Å². The molecule has 0 aliphatic rings. The lowest BCUT2D eigenvalue weighted by atomic mass is 9.97. The Morgan fingerprint density at radius 1 is 1.44 bits per heavy atom. The molecule has 0 bridgehead atoms. The Morgan fingerprint density at radius 3 is 2.56 bits per heavy atom. The van der Waals surface area contributed by atoms with Gasteiger partial charge in [0.25, 0.3) is 0 Å². The number of phenols is 1. The fourth-order valence-corrected chi connectivity index (χ4v) is 1.87. The first-order valence-corrected chi connectivity index (χ1v) is 5.76. The van der Waals surface area contributed by atoms with E-state index in [1.165, 1.54) is 0 Å². The molecule has 0 spiro atoms. The summed E-state index contributed by atoms with van der Waals surface area (Å²) in [7, 11) is 3.81. The summed E-state index contributed by atoms with van der Waals surface area (Å²) in [5.41, 5.74) is 8.03. The number of carbonyl (C=O) groups is 1. The third-order valence-electron chi connectivity index (χ3n) is 2.82. The van der Waals surface area contributed by atoms with E-state index < -0.39 is 12.0 Å². The highest BCUT2D eigenvalue weighted by Gasteiger charge is 2.18. The predicted octanol–water partition coefficient (Wildman–Crippen LogP) is 1.24. The molecular formula is C13H20N2O3. The highest BCUT2D eigenvalue weighted by atomic mass is 16.4. The van der Waals surface area contributed by atoms with Crippen molar-refractivity contribution in [3.05, 3.63) is 28.8 Å². The maximum absolute atomic E-state index is 10.7. The van der Waals surface area contributed by atoms with Crippen molar-refractivity contribution < 1.29 is 15.0 Å². The van der Waals surface area contributed by atoms with Crippen LogP contribution >= 0.6 is 0 Å². The van der Waals surface area contributed by atoms with Gasteiger partial charge in [0.05, 0.1) is 6.42 Å². The van der Waals surface area contributed by atoms with Gasteiger partial charge in [-0.3, -0.25) is 4.79 Å². The van der Waals surface area contributed by atoms with Gasteiger partial charge in [-0.2, -0.15) is 0 Å². The minimum Gasteiger partial charge on any atom is -0.507 e. The predicted molar refractivity (Wildman–Crippen MR) is 69.4 cm³/mol. The number of aliphatic carboxylic acids is 1. The molecule has 0 aliphatic carbocycles. The third kappa shape index (κ3) is 3.45. The monoisotopic (exact) mass is 252 g/mol. The lowest BCUT2D eigenvalue weighted by Gasteiger charge is -2.19. The molecular weight excluding hydrogens is 232 g/mol. The van der Waals surface area contributed by atoms with Crippen LogP contribution in [0.2, 0.25) is 0 Å². The van der Waals surface area contributed by atoms with E-state index in [9.17, 15) is 9.90 Å². The molecule has 1 atom stereocenters. The number of hydrogen-bond acceptors (Lipinski definition) is 4. The summed E-state index contributed by atoms with van der Waals surface area (Å²) in [5, 5.41) is 18.9. The lowest BCUT2D eigenvalue weighted by molar-refractivity contribution is -0.137. The fourth-order valence-electron chi connectivity index (χ4n) is 1.87. The second kappa shape index (κ2) is 5.84. The van der Waals surface area contributed by atoms with Crippen molar-refractivity contribution in [1.29, 1.82) is 0 Å². The number of phenolic OH excluding ortho intramolecular Hbond substituents is 1. The van der Waals surface area contributed by atoms with E-state index in [-0.39, 0.29) is 12.2 Å². The minimum absolute atomic E-state index is 0.109. The highest BCUT2D eigenvalue weighted by molar-refractivity contribution is 5.68. The Morgan fingerprint density at radius 2 is 2.06 bits per heavy atom. The zero-order chi connectivity index (χ0) is 13.9. The van der Waals surface area contributed by atoms with Crippen molar-refractivity contribution in [1.82, 2.24) is 4.90 Å². The summed E-state index contributed by atoms with van der Waals surface area (Å²) in [6.45, 7) is 2.50. The van der Waals surface area contributed by atoms with Gasteiger partial charge in [-0.1, -0.05) is 12.1 Å². The normalized spacial score (nSPS) is 12.7. The van der Waals surface area contributed by atoms with Crippen molar-refractivity contribution in [2.24, 2.45) is 5.73 Å². The first-order chi connectivity index (χ1) is 8.32. The Balaban J connectivity index is 3.11. The van der Waals surface area contributed by atoms with E-state index in [0.717, 1.165) is 11.1 Å². The van der Waals surface area contributed by atoms with Crippen LogP contribution in [0.1, 0.15) is 29.2 Å². The average Bonchev–Trinajstić information content (AvgIpc) is 2.22. The van der Waals surface area contributed by atoms with Gasteiger partial charge >= 0.3 is 5.97 Å². The smallest absolute Gasteiger partial charge is 0.305 e. The number of carboxylic acid groups (broad SMARTS) is 1. The first kappa shape index (κ1) is 14.5. The van der Waals surface area contributed by atoms with Gasteiger partial charge in [0, 0.05) is 23.7 Å². The van der Waals surface area contributed by atoms with Crippen LogP contribution in [0.5, 0.6) is 5.75 Å². The lowest BCUT2D eigenvalue weighted by Crippen LogP contribution is -2.17. The molecule has 100 valence electrons. The highest BCUT2D eigenvalue weighted by Crippen LogP contribution is 2.31. The van der Waals surface area contributed by atoms with Crippen molar-refractivity contribution >= 4 is 5.97 Å². The number of nitrogens with zero attached hydrogens (tertiary/aromatic N) is 1. The molecule has 5 nitrogen and oxygen atoms in total. The molecule has 0 fully saturated rings. The zero-order valence-electron chi connectivity index (χ0n) is 11.0. The molecule has 1 aromatic carbocycles. The van der Waals surface area contributed by atoms with Crippen molar-refractivity contribution in [3.63, 3.8) is 0 Å². The molecule has 18 heavy (non-hydrogen) atoms. The van der Waals surface area contributed by atoms with E-state index in [2.05, 4.69) is 0 Å². The van der Waals surface area contributed by atoms with Gasteiger partial charge in [0.15, 0.2) is 0 Å². The van der Waals surface area contributed by atoms with E-state index >= 15 is 0 Å². The standard InChI is InChI=1S/C13H20N2O3/c1-8-4-5-9(11(14)6-12(16)17)13(18)10(8)7-15(2)3/h4-5,11,18H,6-7,14H2,1-3H3,(H,16,17). The van der Waals surface area contributed by atoms with Crippen LogP contribution in [0.15, 0.2) is 12.1 Å². The Bertz CT molecular complexity index is 444. The van der Waals surface area contributed by atoms with Crippen LogP contribution in [0.3, 0.4) is 0 Å². The molecule has 0 aliphatic heterocycles. The Kier molecular flexibility index (Phi) is 4.69. The molecule has 1 aromatic rings. The molecule has 1 rings (SSSR count). The van der Waals surface area contributed by atoms with Crippen LogP contribution in [0.4, 0.5) is 0 Å². The molecule has 1 unspecified atom stereocenters. The molecule has 5 heteroatoms. The second-order valence-corrected chi connectivity index (χ2v) is 4.74. The quantitative estimate of drug-likeness (QED) is 0.734. The number of nitrogens with two attached hydrogens (primary N) is 1. The van der Waals surface area contributed by atoms with Crippen molar-refractivity contribution in [2.45, 2.75) is 25.9 Å². The van der Waals surface area contributed by atoms with E-state index in [1.54, 1.807) is 6.07 Å². The molecule has 0 heterocycles. The van der Waals surface area contributed by atoms with Gasteiger partial charge in [0.2, 0.25) is 0 Å². The van der Waals surface area contributed by atoms with Gasteiger partial charge in [0.1, 0.15) is 5.75 Å².